The predicted molar refractivity (Wildman–Crippen MR) is 75.2 cm³/mol. The van der Waals surface area contributed by atoms with E-state index >= 15 is 0 Å². The van der Waals surface area contributed by atoms with Crippen molar-refractivity contribution >= 4 is 17.3 Å². The van der Waals surface area contributed by atoms with Crippen LogP contribution in [-0.4, -0.2) is 10.0 Å². The molecule has 0 unspecified atom stereocenters. The summed E-state index contributed by atoms with van der Waals surface area (Å²) < 4.78 is 18.3. The molecule has 0 aliphatic rings. The Kier molecular flexibility index (Phi) is 4.40. The number of nitro benzene ring substituents is 1. The summed E-state index contributed by atoms with van der Waals surface area (Å²) in [4.78, 5) is 10.5. The normalized spacial score (nSPS) is 12.0. The first-order valence-corrected chi connectivity index (χ1v) is 6.35. The molecule has 0 heterocycles. The van der Waals surface area contributed by atoms with E-state index in [1.165, 1.54) is 31.2 Å². The summed E-state index contributed by atoms with van der Waals surface area (Å²) >= 11 is 5.82. The zero-order valence-corrected chi connectivity index (χ0v) is 11.7. The van der Waals surface area contributed by atoms with Crippen LogP contribution in [0.25, 0.3) is 0 Å². The van der Waals surface area contributed by atoms with Gasteiger partial charge >= 0.3 is 5.69 Å². The van der Waals surface area contributed by atoms with Crippen molar-refractivity contribution in [2.45, 2.75) is 13.0 Å². The van der Waals surface area contributed by atoms with Crippen LogP contribution >= 0.6 is 11.6 Å². The lowest BCUT2D eigenvalue weighted by Crippen LogP contribution is -1.98. The van der Waals surface area contributed by atoms with Gasteiger partial charge in [0.05, 0.1) is 16.0 Å². The van der Waals surface area contributed by atoms with Gasteiger partial charge in [-0.2, -0.15) is 0 Å². The van der Waals surface area contributed by atoms with Crippen LogP contribution in [0.15, 0.2) is 36.4 Å². The van der Waals surface area contributed by atoms with E-state index in [1.54, 1.807) is 0 Å². The molecule has 0 spiro atoms. The molecule has 0 fully saturated rings. The van der Waals surface area contributed by atoms with Gasteiger partial charge in [0.2, 0.25) is 5.75 Å². The third kappa shape index (κ3) is 3.48. The highest BCUT2D eigenvalue weighted by Gasteiger charge is 2.19. The molecule has 2 aromatic rings. The molecular formula is C14H11ClFNO4. The number of aliphatic hydroxyl groups excluding tert-OH is 1. The fraction of sp³-hybridized carbons (Fsp3) is 0.143. The first kappa shape index (κ1) is 15.2. The van der Waals surface area contributed by atoms with Crippen molar-refractivity contribution in [2.75, 3.05) is 0 Å². The molecule has 7 heteroatoms. The average molecular weight is 312 g/mol. The highest BCUT2D eigenvalue weighted by molar-refractivity contribution is 6.32. The number of halogens is 2. The van der Waals surface area contributed by atoms with E-state index in [2.05, 4.69) is 0 Å². The predicted octanol–water partition coefficient (Wildman–Crippen LogP) is 4.23. The van der Waals surface area contributed by atoms with E-state index in [0.717, 1.165) is 12.1 Å². The van der Waals surface area contributed by atoms with Gasteiger partial charge in [0.1, 0.15) is 11.6 Å². The van der Waals surface area contributed by atoms with Crippen LogP contribution in [0.3, 0.4) is 0 Å². The standard InChI is InChI=1S/C14H11ClFNO4/c1-8(18)9-2-4-14(12(6-9)17(19)20)21-13-5-3-10(16)7-11(13)15/h2-8,18H,1H3/t8-/m1/s1. The van der Waals surface area contributed by atoms with E-state index in [0.29, 0.717) is 5.56 Å². The molecule has 0 aromatic heterocycles. The Bertz CT molecular complexity index is 691. The zero-order valence-electron chi connectivity index (χ0n) is 10.9. The molecule has 5 nitrogen and oxygen atoms in total. The molecule has 2 rings (SSSR count). The number of nitrogens with zero attached hydrogens (tertiary/aromatic N) is 1. The minimum Gasteiger partial charge on any atom is -0.449 e. The third-order valence-electron chi connectivity index (χ3n) is 2.78. The molecule has 0 saturated heterocycles. The summed E-state index contributed by atoms with van der Waals surface area (Å²) in [6, 6.07) is 7.55. The lowest BCUT2D eigenvalue weighted by Gasteiger charge is -2.10. The maximum absolute atomic E-state index is 13.0. The summed E-state index contributed by atoms with van der Waals surface area (Å²) in [6.45, 7) is 1.50. The van der Waals surface area contributed by atoms with Crippen LogP contribution in [-0.2, 0) is 0 Å². The highest BCUT2D eigenvalue weighted by atomic mass is 35.5. The minimum absolute atomic E-state index is 0.00361. The SMILES string of the molecule is C[C@@H](O)c1ccc(Oc2ccc(F)cc2Cl)c([N+](=O)[O-])c1. The topological polar surface area (TPSA) is 72.6 Å². The molecule has 0 aliphatic heterocycles. The average Bonchev–Trinajstić information content (AvgIpc) is 2.41. The highest BCUT2D eigenvalue weighted by Crippen LogP contribution is 2.36. The van der Waals surface area contributed by atoms with Crippen LogP contribution in [0.2, 0.25) is 5.02 Å². The first-order chi connectivity index (χ1) is 9.88. The zero-order chi connectivity index (χ0) is 15.6. The van der Waals surface area contributed by atoms with Crippen LogP contribution in [0.1, 0.15) is 18.6 Å². The van der Waals surface area contributed by atoms with Crippen LogP contribution < -0.4 is 4.74 Å². The Morgan fingerprint density at radius 3 is 2.52 bits per heavy atom. The van der Waals surface area contributed by atoms with Crippen molar-refractivity contribution in [2.24, 2.45) is 0 Å². The van der Waals surface area contributed by atoms with E-state index in [9.17, 15) is 19.6 Å². The third-order valence-corrected chi connectivity index (χ3v) is 3.07. The number of hydrogen-bond acceptors (Lipinski definition) is 4. The number of nitro groups is 1. The van der Waals surface area contributed by atoms with Crippen molar-refractivity contribution in [1.29, 1.82) is 0 Å². The van der Waals surface area contributed by atoms with Gasteiger partial charge in [0, 0.05) is 6.07 Å². The molecule has 1 atom stereocenters. The van der Waals surface area contributed by atoms with Crippen LogP contribution in [0.4, 0.5) is 10.1 Å². The second-order valence-electron chi connectivity index (χ2n) is 4.34. The van der Waals surface area contributed by atoms with Crippen molar-refractivity contribution < 1.29 is 19.2 Å². The van der Waals surface area contributed by atoms with Gasteiger partial charge in [0.15, 0.2) is 0 Å². The van der Waals surface area contributed by atoms with E-state index < -0.39 is 16.8 Å². The number of benzene rings is 2. The lowest BCUT2D eigenvalue weighted by atomic mass is 10.1. The Morgan fingerprint density at radius 1 is 1.29 bits per heavy atom. The second-order valence-corrected chi connectivity index (χ2v) is 4.74. The number of ether oxygens (including phenoxy) is 1. The maximum Gasteiger partial charge on any atom is 0.311 e. The Morgan fingerprint density at radius 2 is 1.95 bits per heavy atom. The summed E-state index contributed by atoms with van der Waals surface area (Å²) in [7, 11) is 0. The summed E-state index contributed by atoms with van der Waals surface area (Å²) in [5.41, 5.74) is 0.0769. The van der Waals surface area contributed by atoms with Crippen molar-refractivity contribution in [1.82, 2.24) is 0 Å². The fourth-order valence-electron chi connectivity index (χ4n) is 1.70. The lowest BCUT2D eigenvalue weighted by molar-refractivity contribution is -0.385. The monoisotopic (exact) mass is 311 g/mol. The van der Waals surface area contributed by atoms with Gasteiger partial charge in [0.25, 0.3) is 0 Å². The smallest absolute Gasteiger partial charge is 0.311 e. The largest absolute Gasteiger partial charge is 0.449 e. The number of aliphatic hydroxyl groups is 1. The quantitative estimate of drug-likeness (QED) is 0.677. The first-order valence-electron chi connectivity index (χ1n) is 5.98. The number of hydrogen-bond donors (Lipinski definition) is 1. The van der Waals surface area contributed by atoms with Gasteiger partial charge in [-0.05, 0) is 36.8 Å². The molecule has 0 radical (unpaired) electrons. The Labute approximate surface area is 124 Å². The van der Waals surface area contributed by atoms with E-state index in [-0.39, 0.29) is 22.2 Å². The molecule has 110 valence electrons. The molecule has 21 heavy (non-hydrogen) atoms. The van der Waals surface area contributed by atoms with Crippen molar-refractivity contribution in [3.63, 3.8) is 0 Å². The van der Waals surface area contributed by atoms with Crippen molar-refractivity contribution in [3.05, 3.63) is 62.9 Å². The van der Waals surface area contributed by atoms with Gasteiger partial charge in [-0.15, -0.1) is 0 Å². The van der Waals surface area contributed by atoms with Gasteiger partial charge in [-0.3, -0.25) is 10.1 Å². The molecule has 2 aromatic carbocycles. The molecule has 0 saturated carbocycles. The van der Waals surface area contributed by atoms with E-state index in [1.807, 2.05) is 0 Å². The molecule has 1 N–H and O–H groups in total. The van der Waals surface area contributed by atoms with Gasteiger partial charge in [-0.1, -0.05) is 17.7 Å². The van der Waals surface area contributed by atoms with Gasteiger partial charge < -0.3 is 9.84 Å². The molecule has 0 amide bonds. The second kappa shape index (κ2) is 6.07. The maximum atomic E-state index is 13.0. The summed E-state index contributed by atoms with van der Waals surface area (Å²) in [5, 5.41) is 20.5. The fourth-order valence-corrected chi connectivity index (χ4v) is 1.91. The molecule has 0 aliphatic carbocycles. The van der Waals surface area contributed by atoms with Crippen molar-refractivity contribution in [3.8, 4) is 11.5 Å². The summed E-state index contributed by atoms with van der Waals surface area (Å²) in [6.07, 6.45) is -0.841. The van der Waals surface area contributed by atoms with E-state index in [4.69, 9.17) is 16.3 Å². The minimum atomic E-state index is -0.841. The number of rotatable bonds is 4. The van der Waals surface area contributed by atoms with Gasteiger partial charge in [-0.25, -0.2) is 4.39 Å². The Hall–Kier alpha value is -2.18. The van der Waals surface area contributed by atoms with Crippen LogP contribution in [0.5, 0.6) is 11.5 Å². The molecular weight excluding hydrogens is 301 g/mol. The Balaban J connectivity index is 2.41. The summed E-state index contributed by atoms with van der Waals surface area (Å²) in [5.74, 6) is -0.477. The van der Waals surface area contributed by atoms with Crippen LogP contribution in [0, 0.1) is 15.9 Å². The molecule has 0 bridgehead atoms.